The minimum Gasteiger partial charge on any atom is -0.373 e. The molecule has 0 amide bonds. The molecule has 3 rings (SSSR count). The molecule has 0 saturated carbocycles. The Morgan fingerprint density at radius 3 is 2.75 bits per heavy atom. The molecular formula is C18H23ClN4O. The second kappa shape index (κ2) is 6.95. The maximum absolute atomic E-state index is 6.19. The SMILES string of the molecule is COC1(c2cccc(Cl)c2)CCCN(c2cc(C)nc(N)n2)CC1. The summed E-state index contributed by atoms with van der Waals surface area (Å²) >= 11 is 6.19. The van der Waals surface area contributed by atoms with Gasteiger partial charge in [-0.2, -0.15) is 4.98 Å². The summed E-state index contributed by atoms with van der Waals surface area (Å²) in [6, 6.07) is 9.96. The molecule has 1 saturated heterocycles. The number of rotatable bonds is 3. The van der Waals surface area contributed by atoms with E-state index in [0.717, 1.165) is 54.4 Å². The summed E-state index contributed by atoms with van der Waals surface area (Å²) in [6.07, 6.45) is 2.82. The van der Waals surface area contributed by atoms with Crippen LogP contribution in [0.1, 0.15) is 30.5 Å². The van der Waals surface area contributed by atoms with E-state index >= 15 is 0 Å². The molecule has 1 atom stereocenters. The average Bonchev–Trinajstić information content (AvgIpc) is 2.77. The number of halogens is 1. The minimum atomic E-state index is -0.312. The molecule has 2 N–H and O–H groups in total. The molecule has 0 bridgehead atoms. The zero-order valence-electron chi connectivity index (χ0n) is 14.1. The fourth-order valence-corrected chi connectivity index (χ4v) is 3.65. The number of nitrogen functional groups attached to an aromatic ring is 1. The van der Waals surface area contributed by atoms with Gasteiger partial charge in [0.1, 0.15) is 5.82 Å². The fraction of sp³-hybridized carbons (Fsp3) is 0.444. The third kappa shape index (κ3) is 3.47. The Morgan fingerprint density at radius 2 is 2.04 bits per heavy atom. The molecule has 6 heteroatoms. The van der Waals surface area contributed by atoms with Crippen molar-refractivity contribution in [2.75, 3.05) is 30.8 Å². The summed E-state index contributed by atoms with van der Waals surface area (Å²) in [5.41, 5.74) is 7.51. The molecule has 1 fully saturated rings. The number of anilines is 2. The number of nitrogens with zero attached hydrogens (tertiary/aromatic N) is 3. The monoisotopic (exact) mass is 346 g/mol. The highest BCUT2D eigenvalue weighted by atomic mass is 35.5. The summed E-state index contributed by atoms with van der Waals surface area (Å²) in [5.74, 6) is 1.21. The van der Waals surface area contributed by atoms with Gasteiger partial charge < -0.3 is 15.4 Å². The van der Waals surface area contributed by atoms with Crippen LogP contribution in [-0.2, 0) is 10.3 Å². The molecule has 1 unspecified atom stereocenters. The van der Waals surface area contributed by atoms with Crippen LogP contribution in [0.3, 0.4) is 0 Å². The van der Waals surface area contributed by atoms with Gasteiger partial charge >= 0.3 is 0 Å². The Balaban J connectivity index is 1.85. The van der Waals surface area contributed by atoms with E-state index in [1.165, 1.54) is 0 Å². The average molecular weight is 347 g/mol. The van der Waals surface area contributed by atoms with Crippen LogP contribution >= 0.6 is 11.6 Å². The van der Waals surface area contributed by atoms with E-state index in [-0.39, 0.29) is 5.60 Å². The van der Waals surface area contributed by atoms with Gasteiger partial charge in [-0.25, -0.2) is 4.98 Å². The van der Waals surface area contributed by atoms with Crippen molar-refractivity contribution in [3.05, 3.63) is 46.6 Å². The first kappa shape index (κ1) is 17.0. The summed E-state index contributed by atoms with van der Waals surface area (Å²) < 4.78 is 5.99. The van der Waals surface area contributed by atoms with E-state index in [2.05, 4.69) is 20.9 Å². The molecule has 1 aliphatic heterocycles. The number of ether oxygens (including phenoxy) is 1. The van der Waals surface area contributed by atoms with Crippen LogP contribution in [0.5, 0.6) is 0 Å². The van der Waals surface area contributed by atoms with Crippen molar-refractivity contribution >= 4 is 23.4 Å². The zero-order valence-corrected chi connectivity index (χ0v) is 14.9. The lowest BCUT2D eigenvalue weighted by Crippen LogP contribution is -2.31. The standard InChI is InChI=1S/C18H23ClN4O/c1-13-11-16(22-17(20)21-13)23-9-4-7-18(24-2,8-10-23)14-5-3-6-15(19)12-14/h3,5-6,11-12H,4,7-10H2,1-2H3,(H2,20,21,22). The van der Waals surface area contributed by atoms with Crippen LogP contribution in [0.2, 0.25) is 5.02 Å². The van der Waals surface area contributed by atoms with Gasteiger partial charge in [-0.15, -0.1) is 0 Å². The van der Waals surface area contributed by atoms with Gasteiger partial charge in [0.2, 0.25) is 5.95 Å². The van der Waals surface area contributed by atoms with Crippen LogP contribution in [0.15, 0.2) is 30.3 Å². The molecule has 24 heavy (non-hydrogen) atoms. The lowest BCUT2D eigenvalue weighted by molar-refractivity contribution is -0.0248. The van der Waals surface area contributed by atoms with Gasteiger partial charge in [-0.1, -0.05) is 23.7 Å². The molecule has 5 nitrogen and oxygen atoms in total. The topological polar surface area (TPSA) is 64.3 Å². The number of aromatic nitrogens is 2. The van der Waals surface area contributed by atoms with E-state index in [1.54, 1.807) is 7.11 Å². The number of methoxy groups -OCH3 is 1. The molecular weight excluding hydrogens is 324 g/mol. The number of nitrogens with two attached hydrogens (primary N) is 1. The van der Waals surface area contributed by atoms with Crippen molar-refractivity contribution in [1.29, 1.82) is 0 Å². The predicted molar refractivity (Wildman–Crippen MR) is 97.4 cm³/mol. The first-order valence-corrected chi connectivity index (χ1v) is 8.57. The largest absolute Gasteiger partial charge is 0.373 e. The maximum atomic E-state index is 6.19. The van der Waals surface area contributed by atoms with E-state index < -0.39 is 0 Å². The summed E-state index contributed by atoms with van der Waals surface area (Å²) in [6.45, 7) is 3.70. The van der Waals surface area contributed by atoms with E-state index in [0.29, 0.717) is 5.95 Å². The molecule has 0 radical (unpaired) electrons. The number of hydrogen-bond acceptors (Lipinski definition) is 5. The molecule has 1 aromatic heterocycles. The first-order valence-electron chi connectivity index (χ1n) is 8.20. The van der Waals surface area contributed by atoms with Crippen molar-refractivity contribution < 1.29 is 4.74 Å². The second-order valence-electron chi connectivity index (χ2n) is 6.28. The zero-order chi connectivity index (χ0) is 17.2. The Labute approximate surface area is 147 Å². The Hall–Kier alpha value is -1.85. The van der Waals surface area contributed by atoms with Gasteiger partial charge in [0.25, 0.3) is 0 Å². The third-order valence-corrected chi connectivity index (χ3v) is 4.95. The van der Waals surface area contributed by atoms with Gasteiger partial charge in [-0.05, 0) is 43.9 Å². The molecule has 0 aliphatic carbocycles. The van der Waals surface area contributed by atoms with E-state index in [1.807, 2.05) is 31.2 Å². The van der Waals surface area contributed by atoms with Crippen molar-refractivity contribution in [3.8, 4) is 0 Å². The van der Waals surface area contributed by atoms with Crippen molar-refractivity contribution in [2.24, 2.45) is 0 Å². The molecule has 1 aromatic carbocycles. The summed E-state index contributed by atoms with van der Waals surface area (Å²) in [7, 11) is 1.78. The Bertz CT molecular complexity index is 704. The predicted octanol–water partition coefficient (Wildman–Crippen LogP) is 3.55. The van der Waals surface area contributed by atoms with E-state index in [4.69, 9.17) is 22.1 Å². The Kier molecular flexibility index (Phi) is 4.92. The van der Waals surface area contributed by atoms with Crippen molar-refractivity contribution in [1.82, 2.24) is 9.97 Å². The second-order valence-corrected chi connectivity index (χ2v) is 6.71. The molecule has 2 aromatic rings. The van der Waals surface area contributed by atoms with E-state index in [9.17, 15) is 0 Å². The van der Waals surface area contributed by atoms with Crippen LogP contribution in [0, 0.1) is 6.92 Å². The van der Waals surface area contributed by atoms with Crippen molar-refractivity contribution in [2.45, 2.75) is 31.8 Å². The minimum absolute atomic E-state index is 0.312. The quantitative estimate of drug-likeness (QED) is 0.920. The maximum Gasteiger partial charge on any atom is 0.222 e. The Morgan fingerprint density at radius 1 is 1.21 bits per heavy atom. The van der Waals surface area contributed by atoms with Gasteiger partial charge in [0, 0.05) is 37.0 Å². The normalized spacial score (nSPS) is 21.5. The number of benzene rings is 1. The molecule has 0 spiro atoms. The van der Waals surface area contributed by atoms with Gasteiger partial charge in [0.05, 0.1) is 5.60 Å². The van der Waals surface area contributed by atoms with Gasteiger partial charge in [0.15, 0.2) is 0 Å². The highest BCUT2D eigenvalue weighted by Crippen LogP contribution is 2.37. The van der Waals surface area contributed by atoms with Gasteiger partial charge in [-0.3, -0.25) is 0 Å². The third-order valence-electron chi connectivity index (χ3n) is 4.72. The molecule has 1 aliphatic rings. The fourth-order valence-electron chi connectivity index (χ4n) is 3.46. The highest BCUT2D eigenvalue weighted by Gasteiger charge is 2.35. The number of aryl methyl sites for hydroxylation is 1. The smallest absolute Gasteiger partial charge is 0.222 e. The van der Waals surface area contributed by atoms with Crippen LogP contribution in [0.4, 0.5) is 11.8 Å². The number of hydrogen-bond donors (Lipinski definition) is 1. The summed E-state index contributed by atoms with van der Waals surface area (Å²) in [5, 5.41) is 0.740. The van der Waals surface area contributed by atoms with Crippen LogP contribution in [-0.4, -0.2) is 30.2 Å². The lowest BCUT2D eigenvalue weighted by atomic mass is 9.86. The molecule has 128 valence electrons. The summed E-state index contributed by atoms with van der Waals surface area (Å²) in [4.78, 5) is 10.8. The lowest BCUT2D eigenvalue weighted by Gasteiger charge is -2.32. The van der Waals surface area contributed by atoms with Crippen molar-refractivity contribution in [3.63, 3.8) is 0 Å². The van der Waals surface area contributed by atoms with Crippen LogP contribution < -0.4 is 10.6 Å². The first-order chi connectivity index (χ1) is 11.5. The molecule has 2 heterocycles. The van der Waals surface area contributed by atoms with Crippen LogP contribution in [0.25, 0.3) is 0 Å². The highest BCUT2D eigenvalue weighted by molar-refractivity contribution is 6.30.